The predicted molar refractivity (Wildman–Crippen MR) is 65.2 cm³/mol. The van der Waals surface area contributed by atoms with Gasteiger partial charge in [0, 0.05) is 25.8 Å². The predicted octanol–water partition coefficient (Wildman–Crippen LogP) is 0.994. The van der Waals surface area contributed by atoms with Crippen molar-refractivity contribution in [3.8, 4) is 0 Å². The molecule has 1 aliphatic rings. The van der Waals surface area contributed by atoms with E-state index in [2.05, 4.69) is 28.3 Å². The number of piperidine rings is 1. The summed E-state index contributed by atoms with van der Waals surface area (Å²) in [6.07, 6.45) is 4.53. The Kier molecular flexibility index (Phi) is 3.96. The highest BCUT2D eigenvalue weighted by Gasteiger charge is 2.17. The molecule has 0 atom stereocenters. The molecule has 1 N–H and O–H groups in total. The summed E-state index contributed by atoms with van der Waals surface area (Å²) in [6.45, 7) is 6.79. The van der Waals surface area contributed by atoms with E-state index in [4.69, 9.17) is 0 Å². The molecule has 0 radical (unpaired) electrons. The summed E-state index contributed by atoms with van der Waals surface area (Å²) in [6, 6.07) is 2.75. The van der Waals surface area contributed by atoms with Crippen LogP contribution in [0.4, 0.5) is 0 Å². The van der Waals surface area contributed by atoms with E-state index in [0.29, 0.717) is 6.04 Å². The van der Waals surface area contributed by atoms with Crippen LogP contribution in [0, 0.1) is 0 Å². The van der Waals surface area contributed by atoms with Crippen LogP contribution in [-0.4, -0.2) is 40.4 Å². The standard InChI is InChI=1S/C12H22N4/c1-3-16-8-5-11(6-9-16)13-10-12-4-7-15(2)14-12/h4,7,11,13H,3,5-6,8-10H2,1-2H3. The molecule has 0 unspecified atom stereocenters. The molecule has 1 aromatic heterocycles. The number of rotatable bonds is 4. The van der Waals surface area contributed by atoms with Crippen LogP contribution in [0.1, 0.15) is 25.5 Å². The Morgan fingerprint density at radius 2 is 2.19 bits per heavy atom. The molecule has 4 heteroatoms. The minimum atomic E-state index is 0.671. The summed E-state index contributed by atoms with van der Waals surface area (Å²) in [5, 5.41) is 7.96. The molecule has 2 rings (SSSR count). The molecule has 0 aliphatic carbocycles. The summed E-state index contributed by atoms with van der Waals surface area (Å²) in [7, 11) is 1.96. The van der Waals surface area contributed by atoms with Gasteiger partial charge in [-0.15, -0.1) is 0 Å². The van der Waals surface area contributed by atoms with Gasteiger partial charge >= 0.3 is 0 Å². The molecule has 4 nitrogen and oxygen atoms in total. The number of hydrogen-bond acceptors (Lipinski definition) is 3. The maximum absolute atomic E-state index is 4.37. The maximum Gasteiger partial charge on any atom is 0.0762 e. The average Bonchev–Trinajstić information content (AvgIpc) is 2.73. The van der Waals surface area contributed by atoms with Crippen LogP contribution in [0.15, 0.2) is 12.3 Å². The molecule has 0 amide bonds. The number of aromatic nitrogens is 2. The molecular formula is C12H22N4. The van der Waals surface area contributed by atoms with E-state index in [1.807, 2.05) is 17.9 Å². The second kappa shape index (κ2) is 5.46. The number of likely N-dealkylation sites (tertiary alicyclic amines) is 1. The summed E-state index contributed by atoms with van der Waals surface area (Å²) >= 11 is 0. The minimum Gasteiger partial charge on any atom is -0.308 e. The largest absolute Gasteiger partial charge is 0.308 e. The Bertz CT molecular complexity index is 313. The van der Waals surface area contributed by atoms with Gasteiger partial charge < -0.3 is 10.2 Å². The summed E-state index contributed by atoms with van der Waals surface area (Å²) in [5.41, 5.74) is 1.14. The van der Waals surface area contributed by atoms with Gasteiger partial charge in [-0.05, 0) is 38.5 Å². The van der Waals surface area contributed by atoms with Crippen LogP contribution in [0.3, 0.4) is 0 Å². The molecule has 90 valence electrons. The fourth-order valence-electron chi connectivity index (χ4n) is 2.26. The lowest BCUT2D eigenvalue weighted by Gasteiger charge is -2.31. The number of nitrogens with zero attached hydrogens (tertiary/aromatic N) is 3. The zero-order valence-corrected chi connectivity index (χ0v) is 10.3. The van der Waals surface area contributed by atoms with Gasteiger partial charge in [-0.2, -0.15) is 5.10 Å². The highest BCUT2D eigenvalue weighted by atomic mass is 15.3. The van der Waals surface area contributed by atoms with E-state index < -0.39 is 0 Å². The molecule has 1 aliphatic heterocycles. The van der Waals surface area contributed by atoms with Crippen LogP contribution >= 0.6 is 0 Å². The van der Waals surface area contributed by atoms with E-state index in [1.54, 1.807) is 0 Å². The molecule has 0 bridgehead atoms. The summed E-state index contributed by atoms with van der Waals surface area (Å²) < 4.78 is 1.86. The SMILES string of the molecule is CCN1CCC(NCc2ccn(C)n2)CC1. The van der Waals surface area contributed by atoms with E-state index in [-0.39, 0.29) is 0 Å². The first-order valence-electron chi connectivity index (χ1n) is 6.22. The van der Waals surface area contributed by atoms with E-state index >= 15 is 0 Å². The fraction of sp³-hybridized carbons (Fsp3) is 0.750. The van der Waals surface area contributed by atoms with E-state index in [1.165, 1.54) is 32.5 Å². The molecule has 16 heavy (non-hydrogen) atoms. The summed E-state index contributed by atoms with van der Waals surface area (Å²) in [5.74, 6) is 0. The lowest BCUT2D eigenvalue weighted by atomic mass is 10.1. The fourth-order valence-corrected chi connectivity index (χ4v) is 2.26. The first-order chi connectivity index (χ1) is 7.78. The van der Waals surface area contributed by atoms with Crippen molar-refractivity contribution < 1.29 is 0 Å². The second-order valence-corrected chi connectivity index (χ2v) is 4.57. The normalized spacial score (nSPS) is 19.1. The molecule has 1 aromatic rings. The Labute approximate surface area is 97.6 Å². The van der Waals surface area contributed by atoms with Gasteiger partial charge in [-0.25, -0.2) is 0 Å². The molecular weight excluding hydrogens is 200 g/mol. The van der Waals surface area contributed by atoms with Gasteiger partial charge in [0.1, 0.15) is 0 Å². The Morgan fingerprint density at radius 1 is 1.44 bits per heavy atom. The van der Waals surface area contributed by atoms with Gasteiger partial charge in [-0.1, -0.05) is 6.92 Å². The van der Waals surface area contributed by atoms with Crippen molar-refractivity contribution in [2.45, 2.75) is 32.4 Å². The molecule has 0 spiro atoms. The van der Waals surface area contributed by atoms with Crippen molar-refractivity contribution in [3.63, 3.8) is 0 Å². The summed E-state index contributed by atoms with van der Waals surface area (Å²) in [4.78, 5) is 2.51. The monoisotopic (exact) mass is 222 g/mol. The minimum absolute atomic E-state index is 0.671. The van der Waals surface area contributed by atoms with Crippen LogP contribution < -0.4 is 5.32 Å². The third-order valence-corrected chi connectivity index (χ3v) is 3.38. The lowest BCUT2D eigenvalue weighted by Crippen LogP contribution is -2.42. The van der Waals surface area contributed by atoms with Crippen molar-refractivity contribution >= 4 is 0 Å². The average molecular weight is 222 g/mol. The first-order valence-corrected chi connectivity index (χ1v) is 6.22. The van der Waals surface area contributed by atoms with Gasteiger partial charge in [0.15, 0.2) is 0 Å². The topological polar surface area (TPSA) is 33.1 Å². The van der Waals surface area contributed by atoms with Gasteiger partial charge in [0.2, 0.25) is 0 Å². The molecule has 0 saturated carbocycles. The van der Waals surface area contributed by atoms with Crippen LogP contribution in [-0.2, 0) is 13.6 Å². The molecule has 1 saturated heterocycles. The van der Waals surface area contributed by atoms with Gasteiger partial charge in [0.05, 0.1) is 5.69 Å². The third kappa shape index (κ3) is 3.06. The Hall–Kier alpha value is -0.870. The van der Waals surface area contributed by atoms with Crippen LogP contribution in [0.5, 0.6) is 0 Å². The van der Waals surface area contributed by atoms with Crippen molar-refractivity contribution in [1.29, 1.82) is 0 Å². The van der Waals surface area contributed by atoms with Crippen LogP contribution in [0.25, 0.3) is 0 Å². The first kappa shape index (κ1) is 11.6. The zero-order chi connectivity index (χ0) is 11.4. The smallest absolute Gasteiger partial charge is 0.0762 e. The van der Waals surface area contributed by atoms with E-state index in [9.17, 15) is 0 Å². The molecule has 0 aromatic carbocycles. The van der Waals surface area contributed by atoms with Crippen LogP contribution in [0.2, 0.25) is 0 Å². The Balaban J connectivity index is 1.71. The number of aryl methyl sites for hydroxylation is 1. The highest BCUT2D eigenvalue weighted by molar-refractivity contribution is 4.98. The van der Waals surface area contributed by atoms with Crippen molar-refractivity contribution in [3.05, 3.63) is 18.0 Å². The third-order valence-electron chi connectivity index (χ3n) is 3.38. The maximum atomic E-state index is 4.37. The van der Waals surface area contributed by atoms with Gasteiger partial charge in [0.25, 0.3) is 0 Å². The Morgan fingerprint density at radius 3 is 2.75 bits per heavy atom. The second-order valence-electron chi connectivity index (χ2n) is 4.57. The van der Waals surface area contributed by atoms with Crippen molar-refractivity contribution in [2.24, 2.45) is 7.05 Å². The number of hydrogen-bond donors (Lipinski definition) is 1. The van der Waals surface area contributed by atoms with Gasteiger partial charge in [-0.3, -0.25) is 4.68 Å². The number of nitrogens with one attached hydrogen (secondary N) is 1. The van der Waals surface area contributed by atoms with Crippen molar-refractivity contribution in [2.75, 3.05) is 19.6 Å². The molecule has 2 heterocycles. The quantitative estimate of drug-likeness (QED) is 0.825. The zero-order valence-electron chi connectivity index (χ0n) is 10.3. The lowest BCUT2D eigenvalue weighted by molar-refractivity contribution is 0.205. The highest BCUT2D eigenvalue weighted by Crippen LogP contribution is 2.10. The van der Waals surface area contributed by atoms with Crippen molar-refractivity contribution in [1.82, 2.24) is 20.0 Å². The molecule has 1 fully saturated rings. The van der Waals surface area contributed by atoms with E-state index in [0.717, 1.165) is 12.2 Å².